The SMILES string of the molecule is Cc1[nH]c(C)c(S(=O)(=O)N2CCC(C(=O)N3CCN(C4CCCCC4)CC3)CC2)c1C(=O)N1CCCC1. The number of nitrogens with one attached hydrogen (secondary N) is 1. The molecule has 9 nitrogen and oxygen atoms in total. The van der Waals surface area contributed by atoms with Crippen LogP contribution in [0.25, 0.3) is 0 Å². The third kappa shape index (κ3) is 5.34. The fraction of sp³-hybridized carbons (Fsp3) is 0.778. The number of piperidine rings is 1. The van der Waals surface area contributed by atoms with E-state index in [2.05, 4.69) is 9.88 Å². The molecule has 0 bridgehead atoms. The molecule has 3 saturated heterocycles. The van der Waals surface area contributed by atoms with Crippen molar-refractivity contribution in [3.63, 3.8) is 0 Å². The van der Waals surface area contributed by atoms with Crippen LogP contribution in [0.4, 0.5) is 0 Å². The van der Waals surface area contributed by atoms with E-state index < -0.39 is 10.0 Å². The molecule has 1 aliphatic carbocycles. The molecular weight excluding hydrogens is 490 g/mol. The van der Waals surface area contributed by atoms with Gasteiger partial charge in [0.25, 0.3) is 5.91 Å². The molecule has 0 aromatic carbocycles. The van der Waals surface area contributed by atoms with Crippen molar-refractivity contribution in [3.05, 3.63) is 17.0 Å². The van der Waals surface area contributed by atoms with Crippen LogP contribution in [-0.4, -0.2) is 103 Å². The molecule has 2 amide bonds. The molecule has 0 unspecified atom stereocenters. The van der Waals surface area contributed by atoms with Crippen LogP contribution in [0.3, 0.4) is 0 Å². The standard InChI is InChI=1S/C27H43N5O4S/c1-20-24(27(34)30-12-6-7-13-30)25(21(2)28-20)37(35,36)32-14-10-22(11-15-32)26(33)31-18-16-29(17-19-31)23-8-4-3-5-9-23/h22-23,28H,3-19H2,1-2H3. The number of amides is 2. The lowest BCUT2D eigenvalue weighted by Gasteiger charge is -2.42. The Balaban J connectivity index is 1.20. The number of nitrogens with zero attached hydrogens (tertiary/aromatic N) is 4. The first-order valence-electron chi connectivity index (χ1n) is 14.3. The van der Waals surface area contributed by atoms with Crippen molar-refractivity contribution in [3.8, 4) is 0 Å². The minimum atomic E-state index is -3.85. The van der Waals surface area contributed by atoms with Crippen molar-refractivity contribution in [2.24, 2.45) is 5.92 Å². The Labute approximate surface area is 221 Å². The van der Waals surface area contributed by atoms with Crippen molar-refractivity contribution >= 4 is 21.8 Å². The normalized spacial score (nSPS) is 23.6. The first-order chi connectivity index (χ1) is 17.8. The van der Waals surface area contributed by atoms with Crippen LogP contribution in [0.5, 0.6) is 0 Å². The number of hydrogen-bond donors (Lipinski definition) is 1. The summed E-state index contributed by atoms with van der Waals surface area (Å²) in [5, 5.41) is 0. The van der Waals surface area contributed by atoms with E-state index in [4.69, 9.17) is 0 Å². The van der Waals surface area contributed by atoms with E-state index in [0.717, 1.165) is 39.0 Å². The third-order valence-electron chi connectivity index (χ3n) is 9.04. The molecule has 3 aliphatic heterocycles. The predicted octanol–water partition coefficient (Wildman–Crippen LogP) is 2.75. The molecule has 4 fully saturated rings. The van der Waals surface area contributed by atoms with Gasteiger partial charge in [0.15, 0.2) is 0 Å². The molecule has 4 heterocycles. The minimum absolute atomic E-state index is 0.116. The molecule has 37 heavy (non-hydrogen) atoms. The molecule has 206 valence electrons. The second-order valence-electron chi connectivity index (χ2n) is 11.4. The molecule has 0 atom stereocenters. The maximum Gasteiger partial charge on any atom is 0.257 e. The maximum atomic E-state index is 13.8. The Morgan fingerprint density at radius 1 is 0.730 bits per heavy atom. The highest BCUT2D eigenvalue weighted by atomic mass is 32.2. The van der Waals surface area contributed by atoms with Gasteiger partial charge in [-0.15, -0.1) is 0 Å². The topological polar surface area (TPSA) is 97.0 Å². The molecule has 0 radical (unpaired) electrons. The minimum Gasteiger partial charge on any atom is -0.361 e. The van der Waals surface area contributed by atoms with Crippen molar-refractivity contribution in [2.45, 2.75) is 82.6 Å². The number of likely N-dealkylation sites (tertiary alicyclic amines) is 1. The smallest absolute Gasteiger partial charge is 0.257 e. The van der Waals surface area contributed by atoms with Gasteiger partial charge in [0, 0.05) is 75.7 Å². The number of carbonyl (C=O) groups excluding carboxylic acids is 2. The number of H-pyrrole nitrogens is 1. The van der Waals surface area contributed by atoms with Gasteiger partial charge in [-0.2, -0.15) is 4.31 Å². The van der Waals surface area contributed by atoms with Crippen molar-refractivity contribution in [1.82, 2.24) is 24.0 Å². The largest absolute Gasteiger partial charge is 0.361 e. The number of aryl methyl sites for hydroxylation is 2. The summed E-state index contributed by atoms with van der Waals surface area (Å²) in [7, 11) is -3.85. The molecule has 10 heteroatoms. The van der Waals surface area contributed by atoms with Gasteiger partial charge in [-0.25, -0.2) is 8.42 Å². The average Bonchev–Trinajstić information content (AvgIpc) is 3.56. The van der Waals surface area contributed by atoms with Gasteiger partial charge in [-0.1, -0.05) is 19.3 Å². The van der Waals surface area contributed by atoms with Gasteiger partial charge in [0.2, 0.25) is 15.9 Å². The molecule has 0 spiro atoms. The number of aromatic amines is 1. The zero-order valence-corrected chi connectivity index (χ0v) is 23.3. The van der Waals surface area contributed by atoms with E-state index in [9.17, 15) is 18.0 Å². The summed E-state index contributed by atoms with van der Waals surface area (Å²) >= 11 is 0. The monoisotopic (exact) mass is 533 g/mol. The quantitative estimate of drug-likeness (QED) is 0.628. The Kier molecular flexibility index (Phi) is 7.98. The van der Waals surface area contributed by atoms with E-state index in [1.165, 1.54) is 36.4 Å². The Bertz CT molecular complexity index is 1090. The van der Waals surface area contributed by atoms with Gasteiger partial charge in [0.05, 0.1) is 5.56 Å². The van der Waals surface area contributed by atoms with Crippen LogP contribution in [0.15, 0.2) is 4.90 Å². The van der Waals surface area contributed by atoms with Crippen LogP contribution >= 0.6 is 0 Å². The summed E-state index contributed by atoms with van der Waals surface area (Å²) in [5.74, 6) is -0.151. The number of carbonyl (C=O) groups is 2. The summed E-state index contributed by atoms with van der Waals surface area (Å²) in [6.07, 6.45) is 9.52. The number of hydrogen-bond acceptors (Lipinski definition) is 5. The summed E-state index contributed by atoms with van der Waals surface area (Å²) in [4.78, 5) is 36.1. The third-order valence-corrected chi connectivity index (χ3v) is 11.1. The van der Waals surface area contributed by atoms with Crippen LogP contribution in [0.2, 0.25) is 0 Å². The van der Waals surface area contributed by atoms with Crippen LogP contribution in [-0.2, 0) is 14.8 Å². The van der Waals surface area contributed by atoms with Crippen LogP contribution in [0, 0.1) is 19.8 Å². The van der Waals surface area contributed by atoms with Gasteiger partial charge >= 0.3 is 0 Å². The lowest BCUT2D eigenvalue weighted by atomic mass is 9.93. The highest BCUT2D eigenvalue weighted by Gasteiger charge is 2.39. The van der Waals surface area contributed by atoms with Gasteiger partial charge in [-0.3, -0.25) is 14.5 Å². The summed E-state index contributed by atoms with van der Waals surface area (Å²) < 4.78 is 29.0. The first kappa shape index (κ1) is 26.7. The lowest BCUT2D eigenvalue weighted by Crippen LogP contribution is -2.54. The average molecular weight is 534 g/mol. The number of sulfonamides is 1. The fourth-order valence-electron chi connectivity index (χ4n) is 6.90. The number of piperazine rings is 1. The molecule has 1 aromatic heterocycles. The van der Waals surface area contributed by atoms with E-state index in [0.29, 0.717) is 56.5 Å². The summed E-state index contributed by atoms with van der Waals surface area (Å²) in [6.45, 7) is 8.90. The van der Waals surface area contributed by atoms with E-state index in [1.807, 2.05) is 4.90 Å². The molecular formula is C27H43N5O4S. The van der Waals surface area contributed by atoms with Crippen molar-refractivity contribution < 1.29 is 18.0 Å². The van der Waals surface area contributed by atoms with Gasteiger partial charge < -0.3 is 14.8 Å². The van der Waals surface area contributed by atoms with E-state index >= 15 is 0 Å². The van der Waals surface area contributed by atoms with Crippen molar-refractivity contribution in [1.29, 1.82) is 0 Å². The summed E-state index contributed by atoms with van der Waals surface area (Å²) in [5.41, 5.74) is 1.40. The number of rotatable bonds is 5. The Morgan fingerprint density at radius 3 is 1.97 bits per heavy atom. The van der Waals surface area contributed by atoms with E-state index in [1.54, 1.807) is 18.7 Å². The first-order valence-corrected chi connectivity index (χ1v) is 15.7. The molecule has 4 aliphatic rings. The van der Waals surface area contributed by atoms with Gasteiger partial charge in [-0.05, 0) is 52.4 Å². The molecule has 5 rings (SSSR count). The Hall–Kier alpha value is -1.91. The van der Waals surface area contributed by atoms with Crippen LogP contribution < -0.4 is 0 Å². The predicted molar refractivity (Wildman–Crippen MR) is 142 cm³/mol. The maximum absolute atomic E-state index is 13.8. The molecule has 1 saturated carbocycles. The Morgan fingerprint density at radius 2 is 1.35 bits per heavy atom. The number of aromatic nitrogens is 1. The van der Waals surface area contributed by atoms with Crippen molar-refractivity contribution in [2.75, 3.05) is 52.4 Å². The second-order valence-corrected chi connectivity index (χ2v) is 13.3. The highest BCUT2D eigenvalue weighted by molar-refractivity contribution is 7.89. The zero-order chi connectivity index (χ0) is 26.2. The lowest BCUT2D eigenvalue weighted by molar-refractivity contribution is -0.139. The molecule has 1 N–H and O–H groups in total. The zero-order valence-electron chi connectivity index (χ0n) is 22.5. The fourth-order valence-corrected chi connectivity index (χ4v) is 8.79. The highest BCUT2D eigenvalue weighted by Crippen LogP contribution is 2.32. The second kappa shape index (κ2) is 11.1. The van der Waals surface area contributed by atoms with Crippen LogP contribution in [0.1, 0.15) is 79.5 Å². The summed E-state index contributed by atoms with van der Waals surface area (Å²) in [6, 6.07) is 0.683. The van der Waals surface area contributed by atoms with Gasteiger partial charge in [0.1, 0.15) is 4.90 Å². The molecule has 1 aromatic rings. The van der Waals surface area contributed by atoms with E-state index in [-0.39, 0.29) is 28.2 Å².